The quantitative estimate of drug-likeness (QED) is 0.122. The maximum atomic E-state index is 12.4. The molecular formula is C34H28N6O7. The van der Waals surface area contributed by atoms with Gasteiger partial charge in [-0.15, -0.1) is 0 Å². The van der Waals surface area contributed by atoms with E-state index < -0.39 is 17.9 Å². The van der Waals surface area contributed by atoms with E-state index in [1.807, 2.05) is 30.5 Å². The van der Waals surface area contributed by atoms with E-state index in [1.54, 1.807) is 67.1 Å². The number of pyridine rings is 2. The molecule has 236 valence electrons. The molecule has 47 heavy (non-hydrogen) atoms. The minimum Gasteiger partial charge on any atom is -0.481 e. The van der Waals surface area contributed by atoms with E-state index in [1.165, 1.54) is 4.90 Å². The van der Waals surface area contributed by atoms with Gasteiger partial charge in [0.25, 0.3) is 17.8 Å². The van der Waals surface area contributed by atoms with Gasteiger partial charge in [0.1, 0.15) is 11.3 Å². The van der Waals surface area contributed by atoms with Crippen molar-refractivity contribution in [3.05, 3.63) is 131 Å². The minimum absolute atomic E-state index is 0.240. The van der Waals surface area contributed by atoms with Crippen molar-refractivity contribution < 1.29 is 33.8 Å². The number of fused-ring (bicyclic) bond motifs is 4. The molecule has 13 nitrogen and oxygen atoms in total. The molecule has 6 aromatic rings. The molecule has 0 fully saturated rings. The lowest BCUT2D eigenvalue weighted by atomic mass is 10.1. The molecule has 4 aromatic heterocycles. The summed E-state index contributed by atoms with van der Waals surface area (Å²) in [7, 11) is 0. The first-order chi connectivity index (χ1) is 22.7. The van der Waals surface area contributed by atoms with Crippen molar-refractivity contribution in [2.24, 2.45) is 5.73 Å². The fourth-order valence-electron chi connectivity index (χ4n) is 4.94. The largest absolute Gasteiger partial charge is 0.481 e. The molecule has 2 amide bonds. The van der Waals surface area contributed by atoms with Crippen molar-refractivity contribution >= 4 is 51.8 Å². The van der Waals surface area contributed by atoms with Gasteiger partial charge in [0.2, 0.25) is 0 Å². The van der Waals surface area contributed by atoms with Crippen molar-refractivity contribution in [3.8, 4) is 0 Å². The van der Waals surface area contributed by atoms with Gasteiger partial charge in [-0.05, 0) is 59.7 Å². The second-order valence-corrected chi connectivity index (χ2v) is 10.1. The van der Waals surface area contributed by atoms with E-state index in [4.69, 9.17) is 15.6 Å². The van der Waals surface area contributed by atoms with Crippen LogP contribution in [-0.2, 0) is 22.6 Å². The number of nitrogens with zero attached hydrogens (tertiary/aromatic N) is 3. The number of hydrogen-bond acceptors (Lipinski definition) is 9. The maximum Gasteiger partial charge on any atom is 0.346 e. The van der Waals surface area contributed by atoms with Crippen LogP contribution in [0, 0.1) is 0 Å². The Bertz CT molecular complexity index is 2060. The highest BCUT2D eigenvalue weighted by Crippen LogP contribution is 2.26. The lowest BCUT2D eigenvalue weighted by Gasteiger charge is -2.14. The molecule has 0 saturated carbocycles. The zero-order valence-electron chi connectivity index (χ0n) is 25.0. The van der Waals surface area contributed by atoms with Gasteiger partial charge in [-0.3, -0.25) is 19.3 Å². The number of aromatic amines is 2. The molecule has 13 heteroatoms. The van der Waals surface area contributed by atoms with Crippen LogP contribution in [0.5, 0.6) is 0 Å². The Labute approximate surface area is 267 Å². The van der Waals surface area contributed by atoms with E-state index in [0.717, 1.165) is 40.1 Å². The molecule has 0 bridgehead atoms. The number of carbonyl (C=O) groups excluding carboxylic acids is 4. The van der Waals surface area contributed by atoms with Crippen LogP contribution in [0.15, 0.2) is 97.6 Å². The molecule has 0 saturated heterocycles. The van der Waals surface area contributed by atoms with Crippen molar-refractivity contribution in [1.82, 2.24) is 24.8 Å². The Morgan fingerprint density at radius 3 is 1.62 bits per heavy atom. The van der Waals surface area contributed by atoms with Gasteiger partial charge in [0.05, 0.1) is 28.8 Å². The topological polar surface area (TPSA) is 201 Å². The van der Waals surface area contributed by atoms with E-state index in [2.05, 4.69) is 24.7 Å². The number of amides is 2. The summed E-state index contributed by atoms with van der Waals surface area (Å²) >= 11 is 0. The number of rotatable bonds is 3. The predicted molar refractivity (Wildman–Crippen MR) is 170 cm³/mol. The number of imide groups is 1. The molecule has 0 atom stereocenters. The van der Waals surface area contributed by atoms with Crippen molar-refractivity contribution in [1.29, 1.82) is 0 Å². The van der Waals surface area contributed by atoms with E-state index in [9.17, 15) is 19.2 Å². The van der Waals surface area contributed by atoms with Crippen molar-refractivity contribution in [2.45, 2.75) is 20.0 Å². The molecule has 2 aliphatic rings. The average molecular weight is 633 g/mol. The number of cyclic esters (lactones) is 2. The smallest absolute Gasteiger partial charge is 0.346 e. The van der Waals surface area contributed by atoms with Crippen LogP contribution in [0.25, 0.3) is 22.1 Å². The van der Waals surface area contributed by atoms with E-state index in [-0.39, 0.29) is 18.4 Å². The van der Waals surface area contributed by atoms with Gasteiger partial charge in [0.15, 0.2) is 0 Å². The summed E-state index contributed by atoms with van der Waals surface area (Å²) in [5.74, 6) is -2.41. The molecule has 0 spiro atoms. The third kappa shape index (κ3) is 6.95. The standard InChI is InChI=1S/C16H11N3O2.C8H9N3.C8H4O3.C2H4O2/c20-15-12-3-1-2-4-13(12)16(21)19(15)9-10-5-7-17-14-11(10)6-8-18-14;9-5-6-1-3-10-8-7(6)2-4-11-8;9-7-5-3-1-2-4-6(5)8(10)11-7;1-2(3)4/h1-8H,9H2,(H,17,18);1-4H,5,9H2,(H,10,11);1-4H;1H3,(H,3,4). The van der Waals surface area contributed by atoms with Crippen LogP contribution < -0.4 is 5.73 Å². The summed E-state index contributed by atoms with van der Waals surface area (Å²) in [5, 5.41) is 9.46. The van der Waals surface area contributed by atoms with E-state index >= 15 is 0 Å². The minimum atomic E-state index is -0.833. The third-order valence-electron chi connectivity index (χ3n) is 7.08. The number of carboxylic acid groups (broad SMARTS) is 1. The highest BCUT2D eigenvalue weighted by Gasteiger charge is 2.35. The maximum absolute atomic E-state index is 12.4. The summed E-state index contributed by atoms with van der Waals surface area (Å²) in [6.07, 6.45) is 7.10. The van der Waals surface area contributed by atoms with E-state index in [0.29, 0.717) is 28.8 Å². The number of esters is 2. The van der Waals surface area contributed by atoms with Gasteiger partial charge in [-0.2, -0.15) is 0 Å². The summed E-state index contributed by atoms with van der Waals surface area (Å²) in [6.45, 7) is 1.90. The van der Waals surface area contributed by atoms with Crippen LogP contribution in [0.4, 0.5) is 0 Å². The number of H-pyrrole nitrogens is 2. The Morgan fingerprint density at radius 1 is 0.723 bits per heavy atom. The van der Waals surface area contributed by atoms with Gasteiger partial charge in [0, 0.05) is 49.0 Å². The number of aromatic nitrogens is 4. The Hall–Kier alpha value is -6.47. The highest BCUT2D eigenvalue weighted by atomic mass is 16.6. The molecule has 6 heterocycles. The zero-order chi connectivity index (χ0) is 33.5. The number of aliphatic carboxylic acids is 1. The normalized spacial score (nSPS) is 12.7. The Balaban J connectivity index is 0.000000141. The first-order valence-electron chi connectivity index (χ1n) is 14.2. The van der Waals surface area contributed by atoms with Gasteiger partial charge >= 0.3 is 11.9 Å². The lowest BCUT2D eigenvalue weighted by molar-refractivity contribution is -0.134. The number of hydrogen-bond donors (Lipinski definition) is 4. The Kier molecular flexibility index (Phi) is 9.58. The van der Waals surface area contributed by atoms with Crippen molar-refractivity contribution in [2.75, 3.05) is 0 Å². The number of nitrogens with two attached hydrogens (primary N) is 1. The summed E-state index contributed by atoms with van der Waals surface area (Å²) in [4.78, 5) is 71.1. The first kappa shape index (κ1) is 31.9. The summed E-state index contributed by atoms with van der Waals surface area (Å²) in [5.41, 5.74) is 10.9. The average Bonchev–Trinajstić information content (AvgIpc) is 3.86. The van der Waals surface area contributed by atoms with Crippen LogP contribution in [0.2, 0.25) is 0 Å². The molecule has 2 aliphatic heterocycles. The van der Waals surface area contributed by atoms with Gasteiger partial charge < -0.3 is 25.5 Å². The second kappa shape index (κ2) is 14.1. The van der Waals surface area contributed by atoms with Crippen LogP contribution in [-0.4, -0.2) is 59.7 Å². The monoisotopic (exact) mass is 632 g/mol. The van der Waals surface area contributed by atoms with Crippen molar-refractivity contribution in [3.63, 3.8) is 0 Å². The Morgan fingerprint density at radius 2 is 1.15 bits per heavy atom. The summed E-state index contributed by atoms with van der Waals surface area (Å²) < 4.78 is 4.35. The van der Waals surface area contributed by atoms with Crippen LogP contribution >= 0.6 is 0 Å². The molecule has 2 aromatic carbocycles. The van der Waals surface area contributed by atoms with Gasteiger partial charge in [-0.1, -0.05) is 24.3 Å². The SMILES string of the molecule is CC(=O)O.NCc1ccnc2[nH]ccc12.O=C1OC(=O)c2ccccc21.O=C1c2ccccc2C(=O)N1Cc1ccnc2[nH]ccc12. The molecule has 8 rings (SSSR count). The van der Waals surface area contributed by atoms with Crippen LogP contribution in [0.3, 0.4) is 0 Å². The van der Waals surface area contributed by atoms with Crippen LogP contribution in [0.1, 0.15) is 59.5 Å². The second-order valence-electron chi connectivity index (χ2n) is 10.1. The first-order valence-corrected chi connectivity index (χ1v) is 14.2. The predicted octanol–water partition coefficient (Wildman–Crippen LogP) is 4.47. The third-order valence-corrected chi connectivity index (χ3v) is 7.08. The number of benzene rings is 2. The molecule has 5 N–H and O–H groups in total. The fourth-order valence-corrected chi connectivity index (χ4v) is 4.94. The molecule has 0 aliphatic carbocycles. The number of carboxylic acids is 1. The fraction of sp³-hybridized carbons (Fsp3) is 0.0882. The lowest BCUT2D eigenvalue weighted by Crippen LogP contribution is -2.29. The molecular weight excluding hydrogens is 604 g/mol. The number of ether oxygens (including phenoxy) is 1. The number of nitrogens with one attached hydrogen (secondary N) is 2. The molecule has 0 unspecified atom stereocenters. The zero-order valence-corrected chi connectivity index (χ0v) is 25.0. The highest BCUT2D eigenvalue weighted by molar-refractivity contribution is 6.21. The van der Waals surface area contributed by atoms with Gasteiger partial charge in [-0.25, -0.2) is 19.6 Å². The molecule has 0 radical (unpaired) electrons. The number of carbonyl (C=O) groups is 5. The summed E-state index contributed by atoms with van der Waals surface area (Å²) in [6, 6.07) is 21.1.